The van der Waals surface area contributed by atoms with Gasteiger partial charge in [0, 0.05) is 36.8 Å². The third kappa shape index (κ3) is 7.89. The summed E-state index contributed by atoms with van der Waals surface area (Å²) < 4.78 is 18.0. The van der Waals surface area contributed by atoms with Crippen molar-refractivity contribution in [2.45, 2.75) is 52.6 Å². The van der Waals surface area contributed by atoms with Gasteiger partial charge in [-0.2, -0.15) is 4.98 Å². The maximum absolute atomic E-state index is 12.6. The molecule has 0 atom stereocenters. The average molecular weight is 635 g/mol. The highest BCUT2D eigenvalue weighted by Crippen LogP contribution is 2.47. The maximum atomic E-state index is 12.6. The zero-order chi connectivity index (χ0) is 32.4. The molecule has 9 nitrogen and oxygen atoms in total. The smallest absolute Gasteiger partial charge is 0.410 e. The normalized spacial score (nSPS) is 14.1. The van der Waals surface area contributed by atoms with Gasteiger partial charge in [-0.1, -0.05) is 35.9 Å². The van der Waals surface area contributed by atoms with Crippen molar-refractivity contribution in [3.63, 3.8) is 0 Å². The van der Waals surface area contributed by atoms with Gasteiger partial charge >= 0.3 is 12.1 Å². The number of benzene rings is 3. The fourth-order valence-corrected chi connectivity index (χ4v) is 5.89. The third-order valence-corrected chi connectivity index (χ3v) is 8.24. The van der Waals surface area contributed by atoms with Crippen LogP contribution in [0.1, 0.15) is 47.0 Å². The first kappa shape index (κ1) is 32.6. The van der Waals surface area contributed by atoms with Crippen LogP contribution in [0.5, 0.6) is 17.5 Å². The van der Waals surface area contributed by atoms with Gasteiger partial charge in [0.15, 0.2) is 0 Å². The number of aromatic nitrogens is 2. The summed E-state index contributed by atoms with van der Waals surface area (Å²) in [7, 11) is 4.14. The van der Waals surface area contributed by atoms with Crippen molar-refractivity contribution in [1.29, 1.82) is 0 Å². The van der Waals surface area contributed by atoms with Gasteiger partial charge in [-0.25, -0.2) is 9.78 Å². The highest BCUT2D eigenvalue weighted by Gasteiger charge is 2.44. The number of ether oxygens (including phenoxy) is 3. The Bertz CT molecular complexity index is 1680. The summed E-state index contributed by atoms with van der Waals surface area (Å²) in [6, 6.07) is 13.5. The molecule has 1 aromatic heterocycles. The Morgan fingerprint density at radius 3 is 2.51 bits per heavy atom. The first-order valence-corrected chi connectivity index (χ1v) is 15.9. The van der Waals surface area contributed by atoms with Crippen LogP contribution in [0.2, 0.25) is 5.02 Å². The van der Waals surface area contributed by atoms with Crippen molar-refractivity contribution < 1.29 is 24.1 Å². The van der Waals surface area contributed by atoms with E-state index in [-0.39, 0.29) is 17.3 Å². The summed E-state index contributed by atoms with van der Waals surface area (Å²) in [6.07, 6.45) is 4.12. The minimum atomic E-state index is -0.571. The molecule has 0 radical (unpaired) electrons. The molecule has 3 aromatic carbocycles. The monoisotopic (exact) mass is 634 g/mol. The molecule has 0 aliphatic heterocycles. The van der Waals surface area contributed by atoms with Gasteiger partial charge in [0.1, 0.15) is 17.1 Å². The molecular formula is C35H43ClN4O5. The van der Waals surface area contributed by atoms with Crippen molar-refractivity contribution >= 4 is 39.4 Å². The number of phenols is 1. The van der Waals surface area contributed by atoms with Crippen LogP contribution in [-0.4, -0.2) is 83.5 Å². The molecule has 1 heterocycles. The van der Waals surface area contributed by atoms with E-state index in [1.165, 1.54) is 0 Å². The summed E-state index contributed by atoms with van der Waals surface area (Å²) in [4.78, 5) is 25.8. The van der Waals surface area contributed by atoms with Crippen molar-refractivity contribution in [2.24, 2.45) is 5.41 Å². The molecule has 45 heavy (non-hydrogen) atoms. The fourth-order valence-electron chi connectivity index (χ4n) is 5.58. The predicted octanol–water partition coefficient (Wildman–Crippen LogP) is 7.56. The molecule has 240 valence electrons. The topological polar surface area (TPSA) is 97.3 Å². The molecule has 1 aliphatic rings. The first-order valence-electron chi connectivity index (χ1n) is 15.5. The average Bonchev–Trinajstić information content (AvgIpc) is 3.74. The second-order valence-electron chi connectivity index (χ2n) is 13.2. The fraction of sp³-hybridized carbons (Fsp3) is 0.457. The molecule has 0 spiro atoms. The van der Waals surface area contributed by atoms with Gasteiger partial charge < -0.3 is 29.1 Å². The van der Waals surface area contributed by atoms with Gasteiger partial charge in [0.2, 0.25) is 0 Å². The number of carbonyl (C=O) groups is 1. The van der Waals surface area contributed by atoms with E-state index in [1.807, 2.05) is 58.0 Å². The second kappa shape index (κ2) is 13.3. The molecule has 0 saturated heterocycles. The van der Waals surface area contributed by atoms with Crippen molar-refractivity contribution in [2.75, 3.05) is 46.9 Å². The molecule has 1 N–H and O–H groups in total. The van der Waals surface area contributed by atoms with Crippen LogP contribution in [-0.2, 0) is 4.74 Å². The number of hydrogen-bond donors (Lipinski definition) is 1. The number of phenolic OH excluding ortho intramolecular Hbond substituents is 1. The number of aromatic hydroxyl groups is 1. The van der Waals surface area contributed by atoms with Crippen LogP contribution in [0, 0.1) is 5.41 Å². The molecule has 4 aromatic rings. The maximum Gasteiger partial charge on any atom is 0.410 e. The van der Waals surface area contributed by atoms with Gasteiger partial charge in [-0.3, -0.25) is 0 Å². The largest absolute Gasteiger partial charge is 0.508 e. The zero-order valence-electron chi connectivity index (χ0n) is 27.0. The van der Waals surface area contributed by atoms with E-state index < -0.39 is 5.60 Å². The van der Waals surface area contributed by atoms with Crippen LogP contribution < -0.4 is 9.47 Å². The van der Waals surface area contributed by atoms with Gasteiger partial charge in [-0.15, -0.1) is 0 Å². The Kier molecular flexibility index (Phi) is 9.60. The van der Waals surface area contributed by atoms with E-state index in [1.54, 1.807) is 23.2 Å². The van der Waals surface area contributed by atoms with Crippen molar-refractivity contribution in [3.05, 3.63) is 53.7 Å². The van der Waals surface area contributed by atoms with Crippen molar-refractivity contribution in [1.82, 2.24) is 19.8 Å². The molecular weight excluding hydrogens is 592 g/mol. The van der Waals surface area contributed by atoms with Gasteiger partial charge in [0.05, 0.1) is 29.1 Å². The van der Waals surface area contributed by atoms with E-state index in [4.69, 9.17) is 30.8 Å². The summed E-state index contributed by atoms with van der Waals surface area (Å²) in [5, 5.41) is 13.5. The summed E-state index contributed by atoms with van der Waals surface area (Å²) in [5.41, 5.74) is 1.61. The minimum absolute atomic E-state index is 0.131. The van der Waals surface area contributed by atoms with Gasteiger partial charge in [-0.05, 0) is 95.6 Å². The molecule has 1 amide bonds. The molecule has 1 aliphatic carbocycles. The highest BCUT2D eigenvalue weighted by atomic mass is 35.5. The third-order valence-electron chi connectivity index (χ3n) is 7.86. The first-order chi connectivity index (χ1) is 21.4. The number of nitrogens with zero attached hydrogens (tertiary/aromatic N) is 4. The Balaban J connectivity index is 1.46. The quantitative estimate of drug-likeness (QED) is 0.160. The number of halogens is 1. The lowest BCUT2D eigenvalue weighted by molar-refractivity contribution is 0.0252. The standard InChI is InChI=1S/C35H43ClN4O5/c1-7-40(33(42)45-34(2,3)4)15-10-16-43-31-28-20-37-32(44-22-35(13-14-35)21-39(5)6)38-29(28)19-27(30(31)36)26-18-24(41)17-23-11-8-9-12-25(23)26/h8-9,11-12,17-20,41H,7,10,13-16,21-22H2,1-6H3. The SMILES string of the molecule is CCN(CCCOc1c(Cl)c(-c2cc(O)cc3ccccc23)cc2nc(OCC3(CN(C)C)CC3)ncc12)C(=O)OC(C)(C)C. The zero-order valence-corrected chi connectivity index (χ0v) is 27.8. The van der Waals surface area contributed by atoms with E-state index in [2.05, 4.69) is 24.0 Å². The predicted molar refractivity (Wildman–Crippen MR) is 178 cm³/mol. The lowest BCUT2D eigenvalue weighted by atomic mass is 9.96. The summed E-state index contributed by atoms with van der Waals surface area (Å²) in [5.74, 6) is 0.571. The van der Waals surface area contributed by atoms with Gasteiger partial charge in [0.25, 0.3) is 0 Å². The Morgan fingerprint density at radius 1 is 1.07 bits per heavy atom. The van der Waals surface area contributed by atoms with Crippen LogP contribution >= 0.6 is 11.6 Å². The minimum Gasteiger partial charge on any atom is -0.508 e. The van der Waals surface area contributed by atoms with Crippen molar-refractivity contribution in [3.8, 4) is 28.6 Å². The van der Waals surface area contributed by atoms with Crippen LogP contribution in [0.15, 0.2) is 48.7 Å². The number of hydrogen-bond acceptors (Lipinski definition) is 8. The van der Waals surface area contributed by atoms with Crippen LogP contribution in [0.4, 0.5) is 4.79 Å². The summed E-state index contributed by atoms with van der Waals surface area (Å²) >= 11 is 7.10. The van der Waals surface area contributed by atoms with Crippen LogP contribution in [0.3, 0.4) is 0 Å². The lowest BCUT2D eigenvalue weighted by Crippen LogP contribution is -2.37. The van der Waals surface area contributed by atoms with E-state index in [9.17, 15) is 9.90 Å². The number of amides is 1. The lowest BCUT2D eigenvalue weighted by Gasteiger charge is -2.26. The molecule has 0 bridgehead atoms. The molecule has 1 fully saturated rings. The van der Waals surface area contributed by atoms with Crippen LogP contribution in [0.25, 0.3) is 32.8 Å². The molecule has 5 rings (SSSR count). The molecule has 1 saturated carbocycles. The number of rotatable bonds is 12. The Labute approximate surface area is 270 Å². The number of fused-ring (bicyclic) bond motifs is 2. The Hall–Kier alpha value is -3.82. The molecule has 0 unspecified atom stereocenters. The Morgan fingerprint density at radius 2 is 1.82 bits per heavy atom. The second-order valence-corrected chi connectivity index (χ2v) is 13.5. The highest BCUT2D eigenvalue weighted by molar-refractivity contribution is 6.36. The number of carbonyl (C=O) groups excluding carboxylic acids is 1. The summed E-state index contributed by atoms with van der Waals surface area (Å²) in [6.45, 7) is 10.2. The van der Waals surface area contributed by atoms with E-state index in [0.29, 0.717) is 66.0 Å². The molecule has 10 heteroatoms. The van der Waals surface area contributed by atoms with E-state index in [0.717, 1.165) is 35.7 Å². The van der Waals surface area contributed by atoms with E-state index >= 15 is 0 Å².